The Balaban J connectivity index is 1.97. The second-order valence-corrected chi connectivity index (χ2v) is 7.69. The third-order valence-electron chi connectivity index (χ3n) is 5.39. The van der Waals surface area contributed by atoms with Crippen LogP contribution in [-0.2, 0) is 6.42 Å². The van der Waals surface area contributed by atoms with Crippen molar-refractivity contribution in [3.63, 3.8) is 0 Å². The van der Waals surface area contributed by atoms with Gasteiger partial charge in [0.2, 0.25) is 0 Å². The molecular formula is C24H31N3. The molecule has 2 aromatic rings. The Labute approximate surface area is 164 Å². The van der Waals surface area contributed by atoms with E-state index in [9.17, 15) is 0 Å². The lowest BCUT2D eigenvalue weighted by Crippen LogP contribution is -2.26. The third-order valence-corrected chi connectivity index (χ3v) is 5.39. The molecule has 0 radical (unpaired) electrons. The number of likely N-dealkylation sites (N-methyl/N-ethyl adjacent to an activating group) is 1. The van der Waals surface area contributed by atoms with Crippen LogP contribution in [0.15, 0.2) is 66.4 Å². The maximum Gasteiger partial charge on any atom is 0.0401 e. The highest BCUT2D eigenvalue weighted by atomic mass is 15.1. The molecule has 3 heteroatoms. The number of aryl methyl sites for hydroxylation is 1. The summed E-state index contributed by atoms with van der Waals surface area (Å²) in [5.41, 5.74) is 6.28. The average Bonchev–Trinajstić information content (AvgIpc) is 2.69. The Kier molecular flexibility index (Phi) is 6.12. The predicted molar refractivity (Wildman–Crippen MR) is 116 cm³/mol. The fourth-order valence-corrected chi connectivity index (χ4v) is 3.58. The molecule has 27 heavy (non-hydrogen) atoms. The van der Waals surface area contributed by atoms with Gasteiger partial charge in [-0.3, -0.25) is 4.98 Å². The zero-order valence-corrected chi connectivity index (χ0v) is 17.2. The molecule has 0 saturated heterocycles. The van der Waals surface area contributed by atoms with Crippen molar-refractivity contribution in [3.05, 3.63) is 83.2 Å². The molecule has 1 aliphatic rings. The zero-order valence-electron chi connectivity index (χ0n) is 17.2. The minimum Gasteiger partial charge on any atom is -0.378 e. The fourth-order valence-electron chi connectivity index (χ4n) is 3.58. The van der Waals surface area contributed by atoms with E-state index in [-0.39, 0.29) is 5.92 Å². The van der Waals surface area contributed by atoms with Gasteiger partial charge >= 0.3 is 0 Å². The standard InChI is InChI=1S/C24H31N3/c1-6-21-12-7-20(17-25-21)24(18-8-13-22(14-9-18)26(2)3)19-10-15-23(16-11-19)27(4)5/h7-15,17,23-24H,6,16H2,1-5H3. The number of rotatable bonds is 6. The molecule has 0 N–H and O–H groups in total. The van der Waals surface area contributed by atoms with Crippen molar-refractivity contribution in [1.29, 1.82) is 0 Å². The number of allylic oxidation sites excluding steroid dienone is 2. The monoisotopic (exact) mass is 361 g/mol. The summed E-state index contributed by atoms with van der Waals surface area (Å²) in [7, 11) is 8.43. The molecule has 1 aliphatic carbocycles. The molecule has 1 heterocycles. The first-order valence-corrected chi connectivity index (χ1v) is 9.76. The lowest BCUT2D eigenvalue weighted by atomic mass is 9.82. The van der Waals surface area contributed by atoms with E-state index in [4.69, 9.17) is 0 Å². The van der Waals surface area contributed by atoms with Crippen LogP contribution < -0.4 is 4.90 Å². The molecule has 2 atom stereocenters. The molecule has 0 aliphatic heterocycles. The largest absolute Gasteiger partial charge is 0.378 e. The van der Waals surface area contributed by atoms with Gasteiger partial charge in [0, 0.05) is 43.6 Å². The van der Waals surface area contributed by atoms with Crippen LogP contribution in [0.3, 0.4) is 0 Å². The predicted octanol–water partition coefficient (Wildman–Crippen LogP) is 4.66. The van der Waals surface area contributed by atoms with Gasteiger partial charge < -0.3 is 9.80 Å². The molecule has 3 rings (SSSR count). The molecule has 1 aromatic heterocycles. The first-order chi connectivity index (χ1) is 13.0. The van der Waals surface area contributed by atoms with Crippen molar-refractivity contribution in [2.24, 2.45) is 0 Å². The summed E-state index contributed by atoms with van der Waals surface area (Å²) in [4.78, 5) is 9.06. The minimum absolute atomic E-state index is 0.221. The molecule has 3 nitrogen and oxygen atoms in total. The smallest absolute Gasteiger partial charge is 0.0401 e. The van der Waals surface area contributed by atoms with Gasteiger partial charge in [-0.15, -0.1) is 0 Å². The fraction of sp³-hybridized carbons (Fsp3) is 0.375. The van der Waals surface area contributed by atoms with Crippen molar-refractivity contribution in [2.45, 2.75) is 31.7 Å². The molecule has 142 valence electrons. The molecular weight excluding hydrogens is 330 g/mol. The summed E-state index contributed by atoms with van der Waals surface area (Å²) in [6.45, 7) is 2.15. The van der Waals surface area contributed by atoms with Crippen molar-refractivity contribution in [2.75, 3.05) is 33.1 Å². The second kappa shape index (κ2) is 8.53. The number of anilines is 1. The summed E-state index contributed by atoms with van der Waals surface area (Å²) in [5, 5.41) is 0. The van der Waals surface area contributed by atoms with Crippen LogP contribution in [0, 0.1) is 0 Å². The zero-order chi connectivity index (χ0) is 19.4. The summed E-state index contributed by atoms with van der Waals surface area (Å²) in [5.74, 6) is 0.221. The Bertz CT molecular complexity index is 799. The van der Waals surface area contributed by atoms with Crippen LogP contribution in [0.25, 0.3) is 0 Å². The van der Waals surface area contributed by atoms with Crippen LogP contribution in [-0.4, -0.2) is 44.1 Å². The summed E-state index contributed by atoms with van der Waals surface area (Å²) in [6.07, 6.45) is 11.1. The second-order valence-electron chi connectivity index (χ2n) is 7.69. The van der Waals surface area contributed by atoms with E-state index in [0.29, 0.717) is 6.04 Å². The lowest BCUT2D eigenvalue weighted by Gasteiger charge is -2.27. The van der Waals surface area contributed by atoms with Gasteiger partial charge in [-0.25, -0.2) is 0 Å². The minimum atomic E-state index is 0.221. The van der Waals surface area contributed by atoms with E-state index in [1.165, 1.54) is 22.4 Å². The van der Waals surface area contributed by atoms with Gasteiger partial charge in [0.05, 0.1) is 0 Å². The highest BCUT2D eigenvalue weighted by Gasteiger charge is 2.21. The molecule has 0 saturated carbocycles. The van der Waals surface area contributed by atoms with Gasteiger partial charge in [-0.05, 0) is 61.8 Å². The molecule has 0 bridgehead atoms. The first kappa shape index (κ1) is 19.4. The lowest BCUT2D eigenvalue weighted by molar-refractivity contribution is 0.343. The van der Waals surface area contributed by atoms with Gasteiger partial charge in [-0.1, -0.05) is 43.4 Å². The van der Waals surface area contributed by atoms with Crippen LogP contribution >= 0.6 is 0 Å². The van der Waals surface area contributed by atoms with E-state index in [0.717, 1.165) is 18.5 Å². The van der Waals surface area contributed by atoms with Gasteiger partial charge in [0.25, 0.3) is 0 Å². The van der Waals surface area contributed by atoms with Gasteiger partial charge in [-0.2, -0.15) is 0 Å². The van der Waals surface area contributed by atoms with Crippen LogP contribution in [0.5, 0.6) is 0 Å². The van der Waals surface area contributed by atoms with E-state index >= 15 is 0 Å². The Morgan fingerprint density at radius 1 is 1.00 bits per heavy atom. The number of nitrogens with zero attached hydrogens (tertiary/aromatic N) is 3. The van der Waals surface area contributed by atoms with Crippen molar-refractivity contribution in [3.8, 4) is 0 Å². The maximum absolute atomic E-state index is 4.66. The maximum atomic E-state index is 4.66. The molecule has 1 aromatic carbocycles. The Morgan fingerprint density at radius 2 is 1.70 bits per heavy atom. The van der Waals surface area contributed by atoms with Crippen molar-refractivity contribution in [1.82, 2.24) is 9.88 Å². The van der Waals surface area contributed by atoms with Crippen LogP contribution in [0.2, 0.25) is 0 Å². The molecule has 0 spiro atoms. The molecule has 0 amide bonds. The van der Waals surface area contributed by atoms with Gasteiger partial charge in [0.1, 0.15) is 0 Å². The molecule has 2 unspecified atom stereocenters. The first-order valence-electron chi connectivity index (χ1n) is 9.76. The van der Waals surface area contributed by atoms with Crippen molar-refractivity contribution >= 4 is 5.69 Å². The summed E-state index contributed by atoms with van der Waals surface area (Å²) < 4.78 is 0. The normalized spacial score (nSPS) is 17.7. The third kappa shape index (κ3) is 4.48. The number of hydrogen-bond donors (Lipinski definition) is 0. The van der Waals surface area contributed by atoms with E-state index in [1.54, 1.807) is 0 Å². The topological polar surface area (TPSA) is 19.4 Å². The number of pyridine rings is 1. The summed E-state index contributed by atoms with van der Waals surface area (Å²) >= 11 is 0. The quantitative estimate of drug-likeness (QED) is 0.746. The van der Waals surface area contributed by atoms with Gasteiger partial charge in [0.15, 0.2) is 0 Å². The number of benzene rings is 1. The highest BCUT2D eigenvalue weighted by Crippen LogP contribution is 2.35. The van der Waals surface area contributed by atoms with Crippen LogP contribution in [0.4, 0.5) is 5.69 Å². The molecule has 0 fully saturated rings. The number of aromatic nitrogens is 1. The van der Waals surface area contributed by atoms with Crippen LogP contribution in [0.1, 0.15) is 36.1 Å². The SMILES string of the molecule is CCc1ccc(C(C2=CCC(N(C)C)C=C2)c2ccc(N(C)C)cc2)cn1. The Hall–Kier alpha value is -2.39. The highest BCUT2D eigenvalue weighted by molar-refractivity contribution is 5.51. The average molecular weight is 362 g/mol. The Morgan fingerprint density at radius 3 is 2.19 bits per heavy atom. The van der Waals surface area contributed by atoms with Crippen molar-refractivity contribution < 1.29 is 0 Å². The summed E-state index contributed by atoms with van der Waals surface area (Å²) in [6, 6.07) is 13.8. The number of hydrogen-bond acceptors (Lipinski definition) is 3. The van der Waals surface area contributed by atoms with E-state index in [2.05, 4.69) is 111 Å². The van der Waals surface area contributed by atoms with E-state index in [1.807, 2.05) is 0 Å². The van der Waals surface area contributed by atoms with E-state index < -0.39 is 0 Å².